The molecule has 0 saturated heterocycles. The zero-order valence-corrected chi connectivity index (χ0v) is 14.0. The molecule has 0 aliphatic carbocycles. The van der Waals surface area contributed by atoms with Crippen molar-refractivity contribution in [2.45, 2.75) is 12.8 Å². The summed E-state index contributed by atoms with van der Waals surface area (Å²) >= 11 is 0. The average molecular weight is 361 g/mol. The summed E-state index contributed by atoms with van der Waals surface area (Å²) in [7, 11) is 1.57. The van der Waals surface area contributed by atoms with Gasteiger partial charge in [-0.05, 0) is 30.7 Å². The van der Waals surface area contributed by atoms with E-state index in [-0.39, 0.29) is 24.7 Å². The number of ether oxygens (including phenoxy) is 2. The Kier molecular flexibility index (Phi) is 5.31. The molecule has 26 heavy (non-hydrogen) atoms. The van der Waals surface area contributed by atoms with Crippen molar-refractivity contribution in [1.82, 2.24) is 10.2 Å². The minimum absolute atomic E-state index is 0.203. The molecule has 8 heteroatoms. The Morgan fingerprint density at radius 1 is 1.15 bits per heavy atom. The first-order chi connectivity index (χ1) is 12.6. The van der Waals surface area contributed by atoms with Crippen LogP contribution in [0.1, 0.15) is 12.8 Å². The van der Waals surface area contributed by atoms with Gasteiger partial charge in [0.2, 0.25) is 5.91 Å². The average Bonchev–Trinajstić information content (AvgIpc) is 3.03. The van der Waals surface area contributed by atoms with Crippen molar-refractivity contribution in [3.63, 3.8) is 0 Å². The van der Waals surface area contributed by atoms with Crippen molar-refractivity contribution in [1.29, 1.82) is 0 Å². The maximum Gasteiger partial charge on any atom is 0.225 e. The Hall–Kier alpha value is -3.16. The number of methoxy groups -OCH3 is 1. The first-order valence-electron chi connectivity index (χ1n) is 7.96. The number of hydrogen-bond donors (Lipinski definition) is 2. The summed E-state index contributed by atoms with van der Waals surface area (Å²) in [6, 6.07) is 8.67. The van der Waals surface area contributed by atoms with Gasteiger partial charge in [-0.15, -0.1) is 0 Å². The van der Waals surface area contributed by atoms with Crippen molar-refractivity contribution in [3.05, 3.63) is 48.0 Å². The quantitative estimate of drug-likeness (QED) is 0.630. The monoisotopic (exact) mass is 361 g/mol. The first-order valence-corrected chi connectivity index (χ1v) is 7.96. The largest absolute Gasteiger partial charge is 0.497 e. The maximum absolute atomic E-state index is 13.1. The molecular weight excluding hydrogens is 344 g/mol. The van der Waals surface area contributed by atoms with Gasteiger partial charge in [0.1, 0.15) is 11.5 Å². The number of benzene rings is 2. The highest BCUT2D eigenvalue weighted by Gasteiger charge is 2.10. The number of amides is 1. The van der Waals surface area contributed by atoms with E-state index >= 15 is 0 Å². The minimum atomic E-state index is -0.970. The molecule has 0 bridgehead atoms. The Morgan fingerprint density at radius 3 is 2.73 bits per heavy atom. The highest BCUT2D eigenvalue weighted by atomic mass is 19.2. The van der Waals surface area contributed by atoms with Gasteiger partial charge in [-0.25, -0.2) is 8.78 Å². The molecule has 3 rings (SSSR count). The number of aromatic nitrogens is 2. The zero-order valence-electron chi connectivity index (χ0n) is 14.0. The van der Waals surface area contributed by atoms with Crippen LogP contribution in [0.5, 0.6) is 11.5 Å². The number of carbonyl (C=O) groups is 1. The molecule has 0 saturated carbocycles. The number of nitrogens with zero attached hydrogens (tertiary/aromatic N) is 1. The van der Waals surface area contributed by atoms with E-state index in [1.807, 2.05) is 0 Å². The second-order valence-electron chi connectivity index (χ2n) is 5.56. The van der Waals surface area contributed by atoms with Crippen LogP contribution in [-0.2, 0) is 4.79 Å². The first kappa shape index (κ1) is 17.7. The third-order valence-electron chi connectivity index (χ3n) is 3.74. The van der Waals surface area contributed by atoms with E-state index in [1.54, 1.807) is 25.3 Å². The molecule has 0 unspecified atom stereocenters. The smallest absolute Gasteiger partial charge is 0.225 e. The van der Waals surface area contributed by atoms with E-state index in [4.69, 9.17) is 9.47 Å². The molecule has 0 aliphatic rings. The lowest BCUT2D eigenvalue weighted by Crippen LogP contribution is -2.13. The van der Waals surface area contributed by atoms with Crippen LogP contribution in [-0.4, -0.2) is 29.8 Å². The van der Waals surface area contributed by atoms with Gasteiger partial charge >= 0.3 is 0 Å². The molecule has 0 fully saturated rings. The van der Waals surface area contributed by atoms with Crippen LogP contribution in [0.25, 0.3) is 10.9 Å². The summed E-state index contributed by atoms with van der Waals surface area (Å²) in [5.74, 6) is -0.773. The fourth-order valence-corrected chi connectivity index (χ4v) is 2.40. The lowest BCUT2D eigenvalue weighted by molar-refractivity contribution is -0.116. The number of rotatable bonds is 7. The summed E-state index contributed by atoms with van der Waals surface area (Å²) in [6.45, 7) is 0.205. The van der Waals surface area contributed by atoms with Crippen LogP contribution >= 0.6 is 0 Å². The highest BCUT2D eigenvalue weighted by Crippen LogP contribution is 2.24. The lowest BCUT2D eigenvalue weighted by Gasteiger charge is -2.06. The summed E-state index contributed by atoms with van der Waals surface area (Å²) in [4.78, 5) is 12.0. The molecule has 2 aromatic carbocycles. The Morgan fingerprint density at radius 2 is 1.96 bits per heavy atom. The normalized spacial score (nSPS) is 10.7. The molecule has 2 N–H and O–H groups in total. The van der Waals surface area contributed by atoms with Crippen molar-refractivity contribution in [2.24, 2.45) is 0 Å². The summed E-state index contributed by atoms with van der Waals surface area (Å²) in [5.41, 5.74) is 0.751. The van der Waals surface area contributed by atoms with Crippen LogP contribution in [0, 0.1) is 11.6 Å². The second kappa shape index (κ2) is 7.81. The van der Waals surface area contributed by atoms with Crippen LogP contribution in [0.15, 0.2) is 36.4 Å². The number of anilines is 1. The molecule has 0 radical (unpaired) electrons. The summed E-state index contributed by atoms with van der Waals surface area (Å²) in [5, 5.41) is 10.4. The van der Waals surface area contributed by atoms with Crippen molar-refractivity contribution >= 4 is 22.6 Å². The fraction of sp³-hybridized carbons (Fsp3) is 0.222. The molecule has 0 atom stereocenters. The molecule has 3 aromatic rings. The minimum Gasteiger partial charge on any atom is -0.497 e. The van der Waals surface area contributed by atoms with Crippen LogP contribution < -0.4 is 14.8 Å². The Balaban J connectivity index is 1.49. The van der Waals surface area contributed by atoms with Crippen molar-refractivity contribution < 1.29 is 23.0 Å². The Labute approximate surface area is 148 Å². The van der Waals surface area contributed by atoms with Gasteiger partial charge in [-0.3, -0.25) is 9.89 Å². The molecular formula is C18H17F2N3O3. The number of aromatic amines is 1. The highest BCUT2D eigenvalue weighted by molar-refractivity contribution is 5.99. The van der Waals surface area contributed by atoms with Gasteiger partial charge in [0, 0.05) is 23.9 Å². The third kappa shape index (κ3) is 4.08. The molecule has 1 aromatic heterocycles. The fourth-order valence-electron chi connectivity index (χ4n) is 2.40. The van der Waals surface area contributed by atoms with Crippen molar-refractivity contribution in [3.8, 4) is 11.5 Å². The van der Waals surface area contributed by atoms with Crippen LogP contribution in [0.3, 0.4) is 0 Å². The SMILES string of the molecule is COc1ccc2c(NC(=O)CCCOc3ccc(F)c(F)c3)n[nH]c2c1. The van der Waals surface area contributed by atoms with E-state index in [0.717, 1.165) is 23.0 Å². The van der Waals surface area contributed by atoms with Gasteiger partial charge in [0.15, 0.2) is 17.5 Å². The summed E-state index contributed by atoms with van der Waals surface area (Å²) in [6.07, 6.45) is 0.620. The van der Waals surface area contributed by atoms with E-state index in [2.05, 4.69) is 15.5 Å². The predicted molar refractivity (Wildman–Crippen MR) is 92.4 cm³/mol. The number of fused-ring (bicyclic) bond motifs is 1. The summed E-state index contributed by atoms with van der Waals surface area (Å²) < 4.78 is 36.3. The molecule has 1 heterocycles. The molecule has 1 amide bonds. The Bertz CT molecular complexity index is 927. The van der Waals surface area contributed by atoms with E-state index in [0.29, 0.717) is 18.0 Å². The van der Waals surface area contributed by atoms with Crippen LogP contribution in [0.2, 0.25) is 0 Å². The van der Waals surface area contributed by atoms with Crippen LogP contribution in [0.4, 0.5) is 14.6 Å². The van der Waals surface area contributed by atoms with E-state index in [9.17, 15) is 13.6 Å². The molecule has 6 nitrogen and oxygen atoms in total. The number of nitrogens with one attached hydrogen (secondary N) is 2. The number of carbonyl (C=O) groups excluding carboxylic acids is 1. The van der Waals surface area contributed by atoms with Gasteiger partial charge in [-0.1, -0.05) is 0 Å². The number of halogens is 2. The maximum atomic E-state index is 13.1. The topological polar surface area (TPSA) is 76.2 Å². The zero-order chi connectivity index (χ0) is 18.5. The van der Waals surface area contributed by atoms with E-state index in [1.165, 1.54) is 6.07 Å². The predicted octanol–water partition coefficient (Wildman–Crippen LogP) is 3.65. The molecule has 0 aliphatic heterocycles. The van der Waals surface area contributed by atoms with Gasteiger partial charge in [0.05, 0.1) is 19.2 Å². The second-order valence-corrected chi connectivity index (χ2v) is 5.56. The molecule has 0 spiro atoms. The van der Waals surface area contributed by atoms with Gasteiger partial charge in [0.25, 0.3) is 0 Å². The van der Waals surface area contributed by atoms with Gasteiger partial charge < -0.3 is 14.8 Å². The molecule has 136 valence electrons. The van der Waals surface area contributed by atoms with Crippen molar-refractivity contribution in [2.75, 3.05) is 19.0 Å². The standard InChI is InChI=1S/C18H17F2N3O3/c1-25-11-4-6-13-16(10-11)22-23-18(13)21-17(24)3-2-8-26-12-5-7-14(19)15(20)9-12/h4-7,9-10H,2-3,8H2,1H3,(H2,21,22,23,24). The lowest BCUT2D eigenvalue weighted by atomic mass is 10.2. The van der Waals surface area contributed by atoms with Gasteiger partial charge in [-0.2, -0.15) is 5.10 Å². The number of hydrogen-bond acceptors (Lipinski definition) is 4. The number of H-pyrrole nitrogens is 1. The van der Waals surface area contributed by atoms with E-state index < -0.39 is 11.6 Å². The third-order valence-corrected chi connectivity index (χ3v) is 3.74.